The van der Waals surface area contributed by atoms with Crippen LogP contribution in [0, 0.1) is 0 Å². The molecule has 0 aromatic carbocycles. The average Bonchev–Trinajstić information content (AvgIpc) is 2.88. The van der Waals surface area contributed by atoms with Crippen LogP contribution in [0.15, 0.2) is 0 Å². The van der Waals surface area contributed by atoms with Crippen LogP contribution in [0.4, 0.5) is 5.13 Å². The smallest absolute Gasteiger partial charge is 0.185 e. The van der Waals surface area contributed by atoms with E-state index in [2.05, 4.69) is 51.8 Å². The maximum atomic E-state index is 5.00. The second kappa shape index (κ2) is 9.42. The predicted molar refractivity (Wildman–Crippen MR) is 95.6 cm³/mol. The standard InChI is InChI=1S/C17H33N3S/c1-7-10-20(11-8-2)17-19-16(14(6)9-3)15(21-17)12-18-13(4)5/h13-14,18H,7-12H2,1-6H3. The first kappa shape index (κ1) is 18.4. The van der Waals surface area contributed by atoms with Crippen LogP contribution < -0.4 is 10.2 Å². The van der Waals surface area contributed by atoms with Crippen molar-refractivity contribution in [3.05, 3.63) is 10.6 Å². The van der Waals surface area contributed by atoms with Gasteiger partial charge in [-0.25, -0.2) is 4.98 Å². The Hall–Kier alpha value is -0.610. The average molecular weight is 312 g/mol. The summed E-state index contributed by atoms with van der Waals surface area (Å²) in [7, 11) is 0. The molecule has 0 bridgehead atoms. The third kappa shape index (κ3) is 5.59. The molecule has 1 unspecified atom stereocenters. The molecule has 1 aromatic heterocycles. The number of hydrogen-bond acceptors (Lipinski definition) is 4. The molecule has 3 nitrogen and oxygen atoms in total. The van der Waals surface area contributed by atoms with Crippen molar-refractivity contribution in [3.63, 3.8) is 0 Å². The number of nitrogens with zero attached hydrogens (tertiary/aromatic N) is 2. The van der Waals surface area contributed by atoms with Crippen molar-refractivity contribution in [1.82, 2.24) is 10.3 Å². The molecule has 4 heteroatoms. The molecule has 1 atom stereocenters. The van der Waals surface area contributed by atoms with Gasteiger partial charge in [-0.15, -0.1) is 11.3 Å². The van der Waals surface area contributed by atoms with Crippen molar-refractivity contribution in [2.75, 3.05) is 18.0 Å². The summed E-state index contributed by atoms with van der Waals surface area (Å²) >= 11 is 1.89. The summed E-state index contributed by atoms with van der Waals surface area (Å²) in [6, 6.07) is 0.516. The molecule has 1 rings (SSSR count). The van der Waals surface area contributed by atoms with Crippen molar-refractivity contribution in [1.29, 1.82) is 0 Å². The topological polar surface area (TPSA) is 28.2 Å². The Labute approximate surface area is 135 Å². The molecule has 0 saturated heterocycles. The van der Waals surface area contributed by atoms with Crippen LogP contribution >= 0.6 is 11.3 Å². The van der Waals surface area contributed by atoms with E-state index in [9.17, 15) is 0 Å². The van der Waals surface area contributed by atoms with Crippen LogP contribution in [0.2, 0.25) is 0 Å². The highest BCUT2D eigenvalue weighted by atomic mass is 32.1. The Morgan fingerprint density at radius 3 is 2.19 bits per heavy atom. The number of thiazole rings is 1. The highest BCUT2D eigenvalue weighted by Crippen LogP contribution is 2.32. The Morgan fingerprint density at radius 2 is 1.71 bits per heavy atom. The highest BCUT2D eigenvalue weighted by Gasteiger charge is 2.19. The normalized spacial score (nSPS) is 12.9. The summed E-state index contributed by atoms with van der Waals surface area (Å²) in [6.45, 7) is 16.6. The van der Waals surface area contributed by atoms with Gasteiger partial charge in [0.15, 0.2) is 5.13 Å². The van der Waals surface area contributed by atoms with Crippen molar-refractivity contribution in [3.8, 4) is 0 Å². The van der Waals surface area contributed by atoms with E-state index in [1.54, 1.807) is 0 Å². The van der Waals surface area contributed by atoms with Crippen molar-refractivity contribution < 1.29 is 0 Å². The van der Waals surface area contributed by atoms with Gasteiger partial charge in [0.05, 0.1) is 5.69 Å². The molecule has 0 aliphatic heterocycles. The van der Waals surface area contributed by atoms with Crippen LogP contribution in [-0.2, 0) is 6.54 Å². The molecule has 0 aliphatic rings. The number of nitrogens with one attached hydrogen (secondary N) is 1. The number of rotatable bonds is 10. The van der Waals surface area contributed by atoms with E-state index < -0.39 is 0 Å². The first-order valence-electron chi connectivity index (χ1n) is 8.51. The lowest BCUT2D eigenvalue weighted by Gasteiger charge is -2.20. The highest BCUT2D eigenvalue weighted by molar-refractivity contribution is 7.15. The van der Waals surface area contributed by atoms with Gasteiger partial charge in [-0.3, -0.25) is 0 Å². The van der Waals surface area contributed by atoms with Crippen LogP contribution in [-0.4, -0.2) is 24.1 Å². The Morgan fingerprint density at radius 1 is 1.10 bits per heavy atom. The van der Waals surface area contributed by atoms with Gasteiger partial charge in [0.1, 0.15) is 0 Å². The minimum absolute atomic E-state index is 0.516. The zero-order valence-electron chi connectivity index (χ0n) is 14.7. The van der Waals surface area contributed by atoms with Crippen molar-refractivity contribution in [2.24, 2.45) is 0 Å². The zero-order valence-corrected chi connectivity index (χ0v) is 15.5. The monoisotopic (exact) mass is 311 g/mol. The molecule has 1 aromatic rings. The Bertz CT molecular complexity index is 395. The maximum Gasteiger partial charge on any atom is 0.185 e. The van der Waals surface area contributed by atoms with E-state index in [1.807, 2.05) is 11.3 Å². The third-order valence-corrected chi connectivity index (χ3v) is 4.86. The zero-order chi connectivity index (χ0) is 15.8. The fourth-order valence-corrected chi connectivity index (χ4v) is 3.51. The Kier molecular flexibility index (Phi) is 8.27. The maximum absolute atomic E-state index is 5.00. The molecular weight excluding hydrogens is 278 g/mol. The van der Waals surface area contributed by atoms with Gasteiger partial charge in [0.2, 0.25) is 0 Å². The molecule has 0 spiro atoms. The van der Waals surface area contributed by atoms with E-state index in [0.29, 0.717) is 12.0 Å². The second-order valence-electron chi connectivity index (χ2n) is 6.14. The fraction of sp³-hybridized carbons (Fsp3) is 0.824. The molecule has 122 valence electrons. The first-order chi connectivity index (χ1) is 10.0. The van der Waals surface area contributed by atoms with Gasteiger partial charge in [-0.05, 0) is 25.2 Å². The third-order valence-electron chi connectivity index (χ3n) is 3.72. The van der Waals surface area contributed by atoms with E-state index in [4.69, 9.17) is 4.98 Å². The SMILES string of the molecule is CCCN(CCC)c1nc(C(C)CC)c(CNC(C)C)s1. The molecule has 1 N–H and O–H groups in total. The van der Waals surface area contributed by atoms with Gasteiger partial charge >= 0.3 is 0 Å². The summed E-state index contributed by atoms with van der Waals surface area (Å²) in [5.41, 5.74) is 1.31. The summed E-state index contributed by atoms with van der Waals surface area (Å²) in [4.78, 5) is 8.88. The summed E-state index contributed by atoms with van der Waals surface area (Å²) in [5.74, 6) is 0.545. The molecule has 0 saturated carbocycles. The van der Waals surface area contributed by atoms with E-state index >= 15 is 0 Å². The lowest BCUT2D eigenvalue weighted by Crippen LogP contribution is -2.24. The van der Waals surface area contributed by atoms with Gasteiger partial charge in [-0.2, -0.15) is 0 Å². The summed E-state index contributed by atoms with van der Waals surface area (Å²) in [5, 5.41) is 4.77. The number of aromatic nitrogens is 1. The molecular formula is C17H33N3S. The van der Waals surface area contributed by atoms with Crippen LogP contribution in [0.1, 0.15) is 77.3 Å². The van der Waals surface area contributed by atoms with E-state index in [-0.39, 0.29) is 0 Å². The second-order valence-corrected chi connectivity index (χ2v) is 7.20. The van der Waals surface area contributed by atoms with Crippen molar-refractivity contribution in [2.45, 2.75) is 79.3 Å². The fourth-order valence-electron chi connectivity index (χ4n) is 2.33. The minimum atomic E-state index is 0.516. The molecule has 0 fully saturated rings. The van der Waals surface area contributed by atoms with Gasteiger partial charge in [0.25, 0.3) is 0 Å². The lowest BCUT2D eigenvalue weighted by molar-refractivity contribution is 0.584. The summed E-state index contributed by atoms with van der Waals surface area (Å²) < 4.78 is 0. The predicted octanol–water partition coefficient (Wildman–Crippen LogP) is 4.78. The Balaban J connectivity index is 2.99. The van der Waals surface area contributed by atoms with Crippen LogP contribution in [0.3, 0.4) is 0 Å². The van der Waals surface area contributed by atoms with Crippen LogP contribution in [0.5, 0.6) is 0 Å². The number of hydrogen-bond donors (Lipinski definition) is 1. The van der Waals surface area contributed by atoms with Gasteiger partial charge < -0.3 is 10.2 Å². The van der Waals surface area contributed by atoms with E-state index in [0.717, 1.165) is 26.1 Å². The molecule has 21 heavy (non-hydrogen) atoms. The molecule has 0 radical (unpaired) electrons. The van der Waals surface area contributed by atoms with Crippen molar-refractivity contribution >= 4 is 16.5 Å². The molecule has 1 heterocycles. The quantitative estimate of drug-likeness (QED) is 0.674. The summed E-state index contributed by atoms with van der Waals surface area (Å²) in [6.07, 6.45) is 3.51. The van der Waals surface area contributed by atoms with Gasteiger partial charge in [0, 0.05) is 30.6 Å². The van der Waals surface area contributed by atoms with Gasteiger partial charge in [-0.1, -0.05) is 41.5 Å². The number of anilines is 1. The molecule has 0 amide bonds. The van der Waals surface area contributed by atoms with E-state index in [1.165, 1.54) is 28.5 Å². The first-order valence-corrected chi connectivity index (χ1v) is 9.32. The minimum Gasteiger partial charge on any atom is -0.348 e. The largest absolute Gasteiger partial charge is 0.348 e. The molecule has 0 aliphatic carbocycles. The van der Waals surface area contributed by atoms with Crippen LogP contribution in [0.25, 0.3) is 0 Å². The lowest BCUT2D eigenvalue weighted by atomic mass is 10.0.